The minimum Gasteiger partial charge on any atom is -0.391 e. The fraction of sp³-hybridized carbons (Fsp3) is 1.00. The summed E-state index contributed by atoms with van der Waals surface area (Å²) >= 11 is 0. The van der Waals surface area contributed by atoms with Gasteiger partial charge in [0.25, 0.3) is 0 Å². The third-order valence-corrected chi connectivity index (χ3v) is 13.3. The summed E-state index contributed by atoms with van der Waals surface area (Å²) in [7, 11) is 31.0. The number of hydrogen-bond acceptors (Lipinski definition) is 11. The van der Waals surface area contributed by atoms with E-state index in [2.05, 4.69) is 143 Å². The van der Waals surface area contributed by atoms with Crippen LogP contribution in [0.25, 0.3) is 0 Å². The predicted octanol–water partition coefficient (Wildman–Crippen LogP) is 1.44. The van der Waals surface area contributed by atoms with E-state index in [-0.39, 0.29) is 14.9 Å². The molecule has 0 atom stereocenters. The van der Waals surface area contributed by atoms with Crippen molar-refractivity contribution in [3.05, 3.63) is 0 Å². The summed E-state index contributed by atoms with van der Waals surface area (Å²) in [6.07, 6.45) is 4.28. The van der Waals surface area contributed by atoms with E-state index in [1.807, 2.05) is 0 Å². The summed E-state index contributed by atoms with van der Waals surface area (Å²) in [4.78, 5) is 21.2. The van der Waals surface area contributed by atoms with Crippen molar-refractivity contribution in [3.8, 4) is 0 Å². The first-order valence-corrected chi connectivity index (χ1v) is 23.6. The van der Waals surface area contributed by atoms with Crippen molar-refractivity contribution in [2.75, 3.05) is 282 Å². The Kier molecular flexibility index (Phi) is 35.6. The van der Waals surface area contributed by atoms with E-state index in [9.17, 15) is 0 Å². The third kappa shape index (κ3) is 34.5. The molecule has 14 heteroatoms. The molecule has 7 aliphatic rings. The molecule has 0 spiro atoms. The molecule has 0 amide bonds. The van der Waals surface area contributed by atoms with Crippen LogP contribution in [-0.2, 0) is 4.74 Å². The van der Waals surface area contributed by atoms with Crippen molar-refractivity contribution in [1.29, 1.82) is 0 Å². The van der Waals surface area contributed by atoms with Crippen LogP contribution in [0.1, 0.15) is 34.1 Å². The number of likely N-dealkylation sites (tertiary alicyclic amines) is 1. The lowest BCUT2D eigenvalue weighted by molar-refractivity contribution is -0.913. The maximum absolute atomic E-state index is 8.82. The van der Waals surface area contributed by atoms with Crippen molar-refractivity contribution >= 4 is 0 Å². The Morgan fingerprint density at radius 3 is 0.803 bits per heavy atom. The summed E-state index contributed by atoms with van der Waals surface area (Å²) in [6.45, 7) is 32.7. The average Bonchev–Trinajstić information content (AvgIpc) is 3.20. The molecule has 0 bridgehead atoms. The number of aliphatic hydroxyl groups is 1. The molecule has 7 rings (SSSR count). The molecular formula is C47H113N12O2+3. The van der Waals surface area contributed by atoms with Crippen LogP contribution >= 0.6 is 0 Å². The Bertz CT molecular complexity index is 873. The highest BCUT2D eigenvalue weighted by atomic mass is 16.5. The third-order valence-electron chi connectivity index (χ3n) is 13.3. The van der Waals surface area contributed by atoms with Crippen molar-refractivity contribution < 1.29 is 23.3 Å². The van der Waals surface area contributed by atoms with Crippen molar-refractivity contribution in [2.24, 2.45) is 0 Å². The summed E-state index contributed by atoms with van der Waals surface area (Å²) in [5.41, 5.74) is 0. The predicted molar refractivity (Wildman–Crippen MR) is 267 cm³/mol. The summed E-state index contributed by atoms with van der Waals surface area (Å²) in [6, 6.07) is 0. The molecule has 370 valence electrons. The van der Waals surface area contributed by atoms with Gasteiger partial charge in [0, 0.05) is 105 Å². The van der Waals surface area contributed by atoms with Gasteiger partial charge in [-0.1, -0.05) is 21.3 Å². The Morgan fingerprint density at radius 2 is 0.590 bits per heavy atom. The van der Waals surface area contributed by atoms with Gasteiger partial charge in [-0.05, 0) is 89.4 Å². The number of nitrogens with zero attached hydrogens (tertiary/aromatic N) is 12. The van der Waals surface area contributed by atoms with Crippen LogP contribution in [-0.4, -0.2) is 345 Å². The SMILES string of the molecule is C.C.CN1CCCCC1.CN1CCN(C)CC1.CN1CCN(C)CC1.CN1CCOCC1.CN1CC[N+](C)(C)CC1.CN1CC[N+](C)(C)CC1.CN1CC[N+](C)(CCO)CC1. The van der Waals surface area contributed by atoms with Gasteiger partial charge in [0.2, 0.25) is 0 Å². The lowest BCUT2D eigenvalue weighted by Crippen LogP contribution is -2.57. The summed E-state index contributed by atoms with van der Waals surface area (Å²) < 4.78 is 8.54. The largest absolute Gasteiger partial charge is 0.391 e. The second-order valence-corrected chi connectivity index (χ2v) is 20.7. The molecule has 7 saturated heterocycles. The van der Waals surface area contributed by atoms with Gasteiger partial charge in [-0.15, -0.1) is 0 Å². The molecule has 7 aliphatic heterocycles. The van der Waals surface area contributed by atoms with E-state index >= 15 is 0 Å². The number of rotatable bonds is 2. The quantitative estimate of drug-likeness (QED) is 0.411. The van der Waals surface area contributed by atoms with Crippen LogP contribution in [0.5, 0.6) is 0 Å². The van der Waals surface area contributed by atoms with Crippen LogP contribution in [0.2, 0.25) is 0 Å². The monoisotopic (exact) mass is 878 g/mol. The van der Waals surface area contributed by atoms with E-state index in [1.165, 1.54) is 159 Å². The van der Waals surface area contributed by atoms with Crippen LogP contribution in [0.4, 0.5) is 0 Å². The fourth-order valence-corrected chi connectivity index (χ4v) is 7.25. The highest BCUT2D eigenvalue weighted by Crippen LogP contribution is 2.08. The normalized spacial score (nSPS) is 25.6. The standard InChI is InChI=1S/C8H19N2O.2C7H17N2.2C6H14N2.C6H13N.C5H11NO.2CH4/c1-9-3-5-10(2,6-4-9)7-8-11;2*1-8-4-6-9(2,3)7-5-8;2*1-7-3-5-8(2)6-4-7;1-7-5-3-2-4-6-7;1-6-2-4-7-5-3-6;;/h11H,3-8H2,1-2H3;2*4-7H2,1-3H3;2*3-6H2,1-2H3;2-6H2,1H3;2-5H2,1H3;2*1H4/q3*+1;;;;;;. The molecule has 14 nitrogen and oxygen atoms in total. The zero-order valence-corrected chi connectivity index (χ0v) is 42.1. The number of piperidine rings is 1. The van der Waals surface area contributed by atoms with E-state index in [0.29, 0.717) is 6.61 Å². The number of piperazine rings is 5. The van der Waals surface area contributed by atoms with E-state index < -0.39 is 0 Å². The Labute approximate surface area is 382 Å². The molecule has 0 radical (unpaired) electrons. The van der Waals surface area contributed by atoms with E-state index in [1.54, 1.807) is 0 Å². The van der Waals surface area contributed by atoms with Gasteiger partial charge in [-0.25, -0.2) is 0 Å². The number of hydrogen-bond donors (Lipinski definition) is 1. The smallest absolute Gasteiger partial charge is 0.102 e. The van der Waals surface area contributed by atoms with Gasteiger partial charge >= 0.3 is 0 Å². The van der Waals surface area contributed by atoms with Crippen molar-refractivity contribution in [2.45, 2.75) is 34.1 Å². The van der Waals surface area contributed by atoms with Crippen LogP contribution in [0, 0.1) is 0 Å². The van der Waals surface area contributed by atoms with Crippen molar-refractivity contribution in [1.82, 2.24) is 44.1 Å². The molecule has 61 heavy (non-hydrogen) atoms. The molecule has 0 aromatic rings. The number of quaternary nitrogens is 3. The van der Waals surface area contributed by atoms with Crippen molar-refractivity contribution in [3.63, 3.8) is 0 Å². The van der Waals surface area contributed by atoms with Gasteiger partial charge in [0.15, 0.2) is 0 Å². The zero-order chi connectivity index (χ0) is 44.3. The molecule has 7 heterocycles. The molecule has 1 N–H and O–H groups in total. The maximum atomic E-state index is 8.82. The number of aliphatic hydroxyl groups excluding tert-OH is 1. The van der Waals surface area contributed by atoms with E-state index in [4.69, 9.17) is 9.84 Å². The Balaban J connectivity index is 0. The minimum atomic E-state index is 0. The number of ether oxygens (including phenoxy) is 1. The molecule has 0 aromatic heterocycles. The summed E-state index contributed by atoms with van der Waals surface area (Å²) in [5.74, 6) is 0. The van der Waals surface area contributed by atoms with Crippen LogP contribution in [0.15, 0.2) is 0 Å². The summed E-state index contributed by atoms with van der Waals surface area (Å²) in [5, 5.41) is 8.82. The van der Waals surface area contributed by atoms with Crippen LogP contribution in [0.3, 0.4) is 0 Å². The number of likely N-dealkylation sites (N-methyl/N-ethyl adjacent to an activating group) is 11. The molecular weight excluding hydrogens is 765 g/mol. The Hall–Kier alpha value is -0.560. The van der Waals surface area contributed by atoms with Gasteiger partial charge in [-0.3, -0.25) is 14.7 Å². The first-order valence-electron chi connectivity index (χ1n) is 23.6. The van der Waals surface area contributed by atoms with Gasteiger partial charge < -0.3 is 52.7 Å². The van der Waals surface area contributed by atoms with Gasteiger partial charge in [-0.2, -0.15) is 0 Å². The maximum Gasteiger partial charge on any atom is 0.102 e. The second kappa shape index (κ2) is 34.7. The van der Waals surface area contributed by atoms with Gasteiger partial charge in [0.1, 0.15) is 6.54 Å². The van der Waals surface area contributed by atoms with Gasteiger partial charge in [0.05, 0.1) is 94.3 Å². The zero-order valence-electron chi connectivity index (χ0n) is 42.1. The molecule has 0 aliphatic carbocycles. The molecule has 0 aromatic carbocycles. The average molecular weight is 879 g/mol. The highest BCUT2D eigenvalue weighted by Gasteiger charge is 2.26. The number of morpholine rings is 1. The lowest BCUT2D eigenvalue weighted by Gasteiger charge is -2.40. The molecule has 0 saturated carbocycles. The fourth-order valence-electron chi connectivity index (χ4n) is 7.25. The van der Waals surface area contributed by atoms with Crippen LogP contribution < -0.4 is 0 Å². The first kappa shape index (κ1) is 62.5. The molecule has 0 unspecified atom stereocenters. The highest BCUT2D eigenvalue weighted by molar-refractivity contribution is 4.66. The molecule has 7 fully saturated rings. The minimum absolute atomic E-state index is 0. The Morgan fingerprint density at radius 1 is 0.344 bits per heavy atom. The lowest BCUT2D eigenvalue weighted by atomic mass is 10.1. The first-order chi connectivity index (χ1) is 27.7. The van der Waals surface area contributed by atoms with E-state index in [0.717, 1.165) is 50.4 Å². The second-order valence-electron chi connectivity index (χ2n) is 20.7. The topological polar surface area (TPSA) is 58.6 Å².